The smallest absolute Gasteiger partial charge is 0.255 e. The van der Waals surface area contributed by atoms with Crippen LogP contribution in [0.4, 0.5) is 4.39 Å². The van der Waals surface area contributed by atoms with E-state index in [1.807, 2.05) is 25.5 Å². The van der Waals surface area contributed by atoms with Crippen LogP contribution < -0.4 is 5.32 Å². The molecule has 1 N–H and O–H groups in total. The quantitative estimate of drug-likeness (QED) is 0.901. The first-order valence-electron chi connectivity index (χ1n) is 6.93. The summed E-state index contributed by atoms with van der Waals surface area (Å²) in [6.07, 6.45) is 0. The fourth-order valence-electron chi connectivity index (χ4n) is 2.14. The summed E-state index contributed by atoms with van der Waals surface area (Å²) in [7, 11) is 1.85. The predicted molar refractivity (Wildman–Crippen MR) is 85.1 cm³/mol. The third kappa shape index (κ3) is 3.19. The number of carbonyl (C=O) groups excluding carboxylic acids is 1. The van der Waals surface area contributed by atoms with Gasteiger partial charge in [0.25, 0.3) is 5.91 Å². The topological polar surface area (TPSA) is 59.8 Å². The molecule has 0 saturated carbocycles. The molecule has 0 aliphatic heterocycles. The molecule has 5 nitrogen and oxygen atoms in total. The summed E-state index contributed by atoms with van der Waals surface area (Å²) in [4.78, 5) is 12.2. The molecule has 1 aromatic carbocycles. The third-order valence-electron chi connectivity index (χ3n) is 3.43. The van der Waals surface area contributed by atoms with Crippen molar-refractivity contribution in [1.29, 1.82) is 0 Å². The maximum atomic E-state index is 13.9. The van der Waals surface area contributed by atoms with Crippen molar-refractivity contribution in [3.8, 4) is 0 Å². The number of aryl methyl sites for hydroxylation is 1. The summed E-state index contributed by atoms with van der Waals surface area (Å²) < 4.78 is 16.2. The van der Waals surface area contributed by atoms with Crippen LogP contribution in [0.5, 0.6) is 0 Å². The largest absolute Gasteiger partial charge is 0.345 e. The Hall–Kier alpha value is -1.76. The van der Waals surface area contributed by atoms with E-state index in [0.29, 0.717) is 10.3 Å². The minimum atomic E-state index is -0.559. The van der Waals surface area contributed by atoms with E-state index in [0.717, 1.165) is 11.4 Å². The summed E-state index contributed by atoms with van der Waals surface area (Å²) in [6, 6.07) is 2.90. The minimum Gasteiger partial charge on any atom is -0.345 e. The molecule has 0 bridgehead atoms. The monoisotopic (exact) mass is 368 g/mol. The van der Waals surface area contributed by atoms with Gasteiger partial charge in [-0.05, 0) is 34.5 Å². The van der Waals surface area contributed by atoms with E-state index in [2.05, 4.69) is 31.4 Å². The molecule has 0 aliphatic carbocycles. The van der Waals surface area contributed by atoms with Gasteiger partial charge in [0.2, 0.25) is 0 Å². The number of halogens is 2. The number of hydrogen-bond donors (Lipinski definition) is 1. The molecule has 0 saturated heterocycles. The van der Waals surface area contributed by atoms with Crippen LogP contribution in [0.2, 0.25) is 0 Å². The lowest BCUT2D eigenvalue weighted by Gasteiger charge is -2.10. The first-order valence-corrected chi connectivity index (χ1v) is 7.73. The highest BCUT2D eigenvalue weighted by atomic mass is 79.9. The zero-order valence-corrected chi connectivity index (χ0v) is 14.5. The van der Waals surface area contributed by atoms with Crippen LogP contribution in [0.1, 0.15) is 47.3 Å². The van der Waals surface area contributed by atoms with Crippen molar-refractivity contribution in [3.05, 3.63) is 45.2 Å². The average molecular weight is 369 g/mol. The predicted octanol–water partition coefficient (Wildman–Crippen LogP) is 3.08. The molecule has 2 rings (SSSR count). The standard InChI is InChI=1S/C15H18BrFN4O/c1-8(2)14-20-19-11(21(14)4)7-18-15(22)12-10(17)6-5-9(3)13(12)16/h5-6,8H,7H2,1-4H3,(H,18,22). The molecule has 118 valence electrons. The molecule has 1 aromatic heterocycles. The number of aromatic nitrogens is 3. The molecular weight excluding hydrogens is 351 g/mol. The second-order valence-corrected chi connectivity index (χ2v) is 6.22. The van der Waals surface area contributed by atoms with Crippen molar-refractivity contribution in [1.82, 2.24) is 20.1 Å². The van der Waals surface area contributed by atoms with E-state index in [4.69, 9.17) is 0 Å². The van der Waals surface area contributed by atoms with Gasteiger partial charge in [0.1, 0.15) is 11.6 Å². The number of nitrogens with zero attached hydrogens (tertiary/aromatic N) is 3. The molecule has 1 heterocycles. The van der Waals surface area contributed by atoms with Gasteiger partial charge in [0, 0.05) is 17.4 Å². The summed E-state index contributed by atoms with van der Waals surface area (Å²) in [5.41, 5.74) is 0.804. The van der Waals surface area contributed by atoms with Crippen molar-refractivity contribution in [3.63, 3.8) is 0 Å². The summed E-state index contributed by atoms with van der Waals surface area (Å²) in [5, 5.41) is 10.8. The van der Waals surface area contributed by atoms with Gasteiger partial charge in [-0.1, -0.05) is 19.9 Å². The van der Waals surface area contributed by atoms with E-state index in [1.165, 1.54) is 6.07 Å². The number of benzene rings is 1. The van der Waals surface area contributed by atoms with Gasteiger partial charge in [0.15, 0.2) is 5.82 Å². The molecule has 22 heavy (non-hydrogen) atoms. The Morgan fingerprint density at radius 2 is 2.09 bits per heavy atom. The maximum Gasteiger partial charge on any atom is 0.255 e. The zero-order chi connectivity index (χ0) is 16.4. The highest BCUT2D eigenvalue weighted by Crippen LogP contribution is 2.24. The van der Waals surface area contributed by atoms with E-state index < -0.39 is 11.7 Å². The normalized spacial score (nSPS) is 11.0. The molecule has 0 aliphatic rings. The Balaban J connectivity index is 2.16. The van der Waals surface area contributed by atoms with Crippen LogP contribution in [0.25, 0.3) is 0 Å². The minimum absolute atomic E-state index is 0.00579. The van der Waals surface area contributed by atoms with E-state index in [-0.39, 0.29) is 18.0 Å². The van der Waals surface area contributed by atoms with Crippen LogP contribution in [-0.2, 0) is 13.6 Å². The number of carbonyl (C=O) groups is 1. The van der Waals surface area contributed by atoms with Gasteiger partial charge in [-0.3, -0.25) is 4.79 Å². The maximum absolute atomic E-state index is 13.9. The second kappa shape index (κ2) is 6.56. The van der Waals surface area contributed by atoms with Crippen LogP contribution in [0.15, 0.2) is 16.6 Å². The second-order valence-electron chi connectivity index (χ2n) is 5.42. The lowest BCUT2D eigenvalue weighted by atomic mass is 10.1. The van der Waals surface area contributed by atoms with Crippen LogP contribution >= 0.6 is 15.9 Å². The van der Waals surface area contributed by atoms with Crippen LogP contribution in [0.3, 0.4) is 0 Å². The van der Waals surface area contributed by atoms with Crippen molar-refractivity contribution in [2.24, 2.45) is 7.05 Å². The number of hydrogen-bond acceptors (Lipinski definition) is 3. The Kier molecular flexibility index (Phi) is 4.95. The van der Waals surface area contributed by atoms with Crippen molar-refractivity contribution in [2.75, 3.05) is 0 Å². The molecule has 7 heteroatoms. The average Bonchev–Trinajstić information content (AvgIpc) is 2.82. The van der Waals surface area contributed by atoms with Gasteiger partial charge >= 0.3 is 0 Å². The number of nitrogens with one attached hydrogen (secondary N) is 1. The SMILES string of the molecule is Cc1ccc(F)c(C(=O)NCc2nnc(C(C)C)n2C)c1Br. The molecule has 0 radical (unpaired) electrons. The molecule has 0 unspecified atom stereocenters. The Labute approximate surface area is 137 Å². The first-order chi connectivity index (χ1) is 10.3. The van der Waals surface area contributed by atoms with Crippen LogP contribution in [0, 0.1) is 12.7 Å². The van der Waals surface area contributed by atoms with E-state index in [9.17, 15) is 9.18 Å². The zero-order valence-electron chi connectivity index (χ0n) is 12.9. The fraction of sp³-hybridized carbons (Fsp3) is 0.400. The molecule has 1 amide bonds. The van der Waals surface area contributed by atoms with Crippen molar-refractivity contribution in [2.45, 2.75) is 33.2 Å². The van der Waals surface area contributed by atoms with Gasteiger partial charge in [-0.15, -0.1) is 10.2 Å². The molecule has 0 atom stereocenters. The highest BCUT2D eigenvalue weighted by Gasteiger charge is 2.18. The van der Waals surface area contributed by atoms with E-state index in [1.54, 1.807) is 13.0 Å². The van der Waals surface area contributed by atoms with E-state index >= 15 is 0 Å². The summed E-state index contributed by atoms with van der Waals surface area (Å²) >= 11 is 3.26. The number of amides is 1. The first kappa shape index (κ1) is 16.6. The third-order valence-corrected chi connectivity index (χ3v) is 4.46. The Morgan fingerprint density at radius 3 is 2.68 bits per heavy atom. The summed E-state index contributed by atoms with van der Waals surface area (Å²) in [6.45, 7) is 6.03. The van der Waals surface area contributed by atoms with Crippen molar-refractivity contribution < 1.29 is 9.18 Å². The summed E-state index contributed by atoms with van der Waals surface area (Å²) in [5.74, 6) is 0.664. The van der Waals surface area contributed by atoms with Gasteiger partial charge in [0.05, 0.1) is 12.1 Å². The highest BCUT2D eigenvalue weighted by molar-refractivity contribution is 9.10. The van der Waals surface area contributed by atoms with Gasteiger partial charge < -0.3 is 9.88 Å². The Morgan fingerprint density at radius 1 is 1.41 bits per heavy atom. The lowest BCUT2D eigenvalue weighted by molar-refractivity contribution is 0.0944. The van der Waals surface area contributed by atoms with Crippen LogP contribution in [-0.4, -0.2) is 20.7 Å². The molecule has 0 fully saturated rings. The van der Waals surface area contributed by atoms with Gasteiger partial charge in [-0.25, -0.2) is 4.39 Å². The fourth-order valence-corrected chi connectivity index (χ4v) is 2.65. The molecule has 2 aromatic rings. The Bertz CT molecular complexity index is 712. The lowest BCUT2D eigenvalue weighted by Crippen LogP contribution is -2.26. The molecule has 0 spiro atoms. The van der Waals surface area contributed by atoms with Crippen molar-refractivity contribution >= 4 is 21.8 Å². The number of rotatable bonds is 4. The molecular formula is C15H18BrFN4O. The van der Waals surface area contributed by atoms with Gasteiger partial charge in [-0.2, -0.15) is 0 Å².